The summed E-state index contributed by atoms with van der Waals surface area (Å²) in [5, 5.41) is 12.9. The van der Waals surface area contributed by atoms with Gasteiger partial charge in [0.15, 0.2) is 5.78 Å². The number of anilines is 1. The SMILES string of the molecule is CC#C[C@]1(C(=O)COC)CC[C@H]2[C@@H]3CC(F)C4=C/C(=N/O)CCC4=C3[C@@H](c3ccc(N4CCCCC4)cc3)C[C@@]21C. The average Bonchev–Trinajstić information content (AvgIpc) is 3.30. The summed E-state index contributed by atoms with van der Waals surface area (Å²) in [6, 6.07) is 9.06. The molecule has 2 saturated carbocycles. The van der Waals surface area contributed by atoms with E-state index < -0.39 is 17.0 Å². The summed E-state index contributed by atoms with van der Waals surface area (Å²) in [5.41, 5.74) is 5.03. The lowest BCUT2D eigenvalue weighted by Gasteiger charge is -2.55. The minimum absolute atomic E-state index is 0.0474. The summed E-state index contributed by atoms with van der Waals surface area (Å²) in [6.45, 7) is 6.33. The molecule has 1 saturated heterocycles. The fraction of sp³-hybridized carbons (Fsp3) is 0.600. The molecule has 1 heterocycles. The Hall–Kier alpha value is -2.91. The summed E-state index contributed by atoms with van der Waals surface area (Å²) in [6.07, 6.45) is 8.48. The van der Waals surface area contributed by atoms with Gasteiger partial charge in [-0.25, -0.2) is 4.39 Å². The van der Waals surface area contributed by atoms with Crippen LogP contribution in [0.15, 0.2) is 52.2 Å². The molecular weight excluding hydrogens is 515 g/mol. The van der Waals surface area contributed by atoms with Crippen LogP contribution in [0.1, 0.15) is 83.1 Å². The lowest BCUT2D eigenvalue weighted by atomic mass is 9.48. The van der Waals surface area contributed by atoms with E-state index in [0.29, 0.717) is 37.0 Å². The van der Waals surface area contributed by atoms with Gasteiger partial charge < -0.3 is 14.8 Å². The van der Waals surface area contributed by atoms with Crippen LogP contribution in [0.5, 0.6) is 0 Å². The number of alkyl halides is 1. The fourth-order valence-electron chi connectivity index (χ4n) is 9.32. The molecule has 5 aliphatic rings. The third kappa shape index (κ3) is 4.47. The maximum atomic E-state index is 16.0. The molecule has 1 unspecified atom stereocenters. The molecule has 0 aromatic heterocycles. The number of hydrogen-bond acceptors (Lipinski definition) is 5. The number of Topliss-reactive ketones (excluding diaryl/α,β-unsaturated/α-hetero) is 1. The first kappa shape index (κ1) is 28.2. The summed E-state index contributed by atoms with van der Waals surface area (Å²) < 4.78 is 21.4. The van der Waals surface area contributed by atoms with Crippen molar-refractivity contribution in [2.45, 2.75) is 83.7 Å². The molecular formula is C35H43FN2O3. The van der Waals surface area contributed by atoms with Crippen molar-refractivity contribution < 1.29 is 19.1 Å². The first-order valence-electron chi connectivity index (χ1n) is 15.5. The zero-order valence-corrected chi connectivity index (χ0v) is 24.7. The number of carbonyl (C=O) groups excluding carboxylic acids is 1. The molecule has 6 rings (SSSR count). The quantitative estimate of drug-likeness (QED) is 0.240. The molecule has 6 atom stereocenters. The number of carbonyl (C=O) groups is 1. The van der Waals surface area contributed by atoms with E-state index in [1.165, 1.54) is 36.1 Å². The maximum Gasteiger partial charge on any atom is 0.176 e. The third-order valence-electron chi connectivity index (χ3n) is 11.2. The van der Waals surface area contributed by atoms with Crippen molar-refractivity contribution in [2.24, 2.45) is 27.8 Å². The lowest BCUT2D eigenvalue weighted by molar-refractivity contribution is -0.136. The number of methoxy groups -OCH3 is 1. The molecule has 218 valence electrons. The molecule has 1 aromatic carbocycles. The smallest absolute Gasteiger partial charge is 0.176 e. The van der Waals surface area contributed by atoms with E-state index in [-0.39, 0.29) is 30.1 Å². The summed E-state index contributed by atoms with van der Waals surface area (Å²) in [5.74, 6) is 6.90. The number of hydrogen-bond donors (Lipinski definition) is 1. The molecule has 1 N–H and O–H groups in total. The van der Waals surface area contributed by atoms with Gasteiger partial charge in [-0.2, -0.15) is 0 Å². The number of ketones is 1. The second-order valence-electron chi connectivity index (χ2n) is 13.0. The van der Waals surface area contributed by atoms with Crippen LogP contribution >= 0.6 is 0 Å². The number of halogens is 1. The highest BCUT2D eigenvalue weighted by atomic mass is 19.1. The molecule has 1 aromatic rings. The molecule has 4 aliphatic carbocycles. The number of rotatable bonds is 5. The predicted octanol–water partition coefficient (Wildman–Crippen LogP) is 7.01. The number of oxime groups is 1. The van der Waals surface area contributed by atoms with Gasteiger partial charge in [0.25, 0.3) is 0 Å². The van der Waals surface area contributed by atoms with E-state index in [4.69, 9.17) is 4.74 Å². The second-order valence-corrected chi connectivity index (χ2v) is 13.0. The van der Waals surface area contributed by atoms with Crippen LogP contribution in [-0.2, 0) is 9.53 Å². The standard InChI is InChI=1S/C35H43FN2O3/c1-4-15-35(32(39)22-41-3)16-14-30-28-20-31(36)27-19-24(37-40)10-13-26(27)33(28)29(21-34(30,35)2)23-8-11-25(12-9-23)38-17-6-5-7-18-38/h8-9,11-12,19,28-31,40H,5-7,10,13-14,16-18,20-22H2,1-3H3/b37-24+/t28-,29+,30-,31?,34-,35+/m0/s1. The maximum absolute atomic E-state index is 16.0. The summed E-state index contributed by atoms with van der Waals surface area (Å²) in [4.78, 5) is 16.3. The Morgan fingerprint density at radius 2 is 1.95 bits per heavy atom. The zero-order valence-electron chi connectivity index (χ0n) is 24.7. The Morgan fingerprint density at radius 1 is 1.20 bits per heavy atom. The molecule has 0 radical (unpaired) electrons. The monoisotopic (exact) mass is 558 g/mol. The van der Waals surface area contributed by atoms with E-state index >= 15 is 4.39 Å². The van der Waals surface area contributed by atoms with Gasteiger partial charge in [-0.3, -0.25) is 4.79 Å². The van der Waals surface area contributed by atoms with E-state index in [2.05, 4.69) is 53.1 Å². The molecule has 1 aliphatic heterocycles. The average molecular weight is 559 g/mol. The van der Waals surface area contributed by atoms with Gasteiger partial charge >= 0.3 is 0 Å². The number of ether oxygens (including phenoxy) is 1. The number of benzene rings is 1. The van der Waals surface area contributed by atoms with Crippen LogP contribution in [0.25, 0.3) is 0 Å². The van der Waals surface area contributed by atoms with Crippen LogP contribution in [0.4, 0.5) is 10.1 Å². The van der Waals surface area contributed by atoms with Crippen LogP contribution in [0.3, 0.4) is 0 Å². The Balaban J connectivity index is 1.49. The van der Waals surface area contributed by atoms with Crippen molar-refractivity contribution in [2.75, 3.05) is 31.7 Å². The van der Waals surface area contributed by atoms with Crippen molar-refractivity contribution in [1.82, 2.24) is 0 Å². The van der Waals surface area contributed by atoms with Crippen molar-refractivity contribution >= 4 is 17.2 Å². The van der Waals surface area contributed by atoms with Gasteiger partial charge in [-0.15, -0.1) is 5.92 Å². The lowest BCUT2D eigenvalue weighted by Crippen LogP contribution is -2.52. The van der Waals surface area contributed by atoms with Gasteiger partial charge in [-0.05, 0) is 117 Å². The van der Waals surface area contributed by atoms with Crippen molar-refractivity contribution in [3.63, 3.8) is 0 Å². The van der Waals surface area contributed by atoms with E-state index in [0.717, 1.165) is 31.5 Å². The number of allylic oxidation sites excluding steroid dienone is 4. The molecule has 41 heavy (non-hydrogen) atoms. The van der Waals surface area contributed by atoms with Gasteiger partial charge in [0.05, 0.1) is 11.1 Å². The number of fused-ring (bicyclic) bond motifs is 4. The molecule has 5 nitrogen and oxygen atoms in total. The number of nitrogens with zero attached hydrogens (tertiary/aromatic N) is 2. The van der Waals surface area contributed by atoms with Gasteiger partial charge in [0.1, 0.15) is 12.8 Å². The first-order valence-corrected chi connectivity index (χ1v) is 15.5. The van der Waals surface area contributed by atoms with E-state index in [1.54, 1.807) is 13.2 Å². The van der Waals surface area contributed by atoms with Gasteiger partial charge in [-0.1, -0.05) is 35.7 Å². The van der Waals surface area contributed by atoms with Crippen LogP contribution in [0, 0.1) is 34.5 Å². The molecule has 3 fully saturated rings. The summed E-state index contributed by atoms with van der Waals surface area (Å²) in [7, 11) is 1.57. The molecule has 0 bridgehead atoms. The highest BCUT2D eigenvalue weighted by Crippen LogP contribution is 2.69. The molecule has 6 heteroatoms. The topological polar surface area (TPSA) is 62.1 Å². The largest absolute Gasteiger partial charge is 0.411 e. The van der Waals surface area contributed by atoms with E-state index in [9.17, 15) is 10.0 Å². The fourth-order valence-corrected chi connectivity index (χ4v) is 9.32. The summed E-state index contributed by atoms with van der Waals surface area (Å²) >= 11 is 0. The molecule has 0 amide bonds. The van der Waals surface area contributed by atoms with Crippen LogP contribution in [0.2, 0.25) is 0 Å². The first-order chi connectivity index (χ1) is 19.9. The van der Waals surface area contributed by atoms with Crippen LogP contribution < -0.4 is 4.90 Å². The highest BCUT2D eigenvalue weighted by Gasteiger charge is 2.66. The van der Waals surface area contributed by atoms with Crippen molar-refractivity contribution in [3.05, 3.63) is 52.6 Å². The molecule has 0 spiro atoms. The van der Waals surface area contributed by atoms with Crippen LogP contribution in [-0.4, -0.2) is 49.7 Å². The normalized spacial score (nSPS) is 35.7. The Kier molecular flexibility index (Phi) is 7.61. The third-order valence-corrected chi connectivity index (χ3v) is 11.2. The van der Waals surface area contributed by atoms with E-state index in [1.807, 2.05) is 6.92 Å². The minimum Gasteiger partial charge on any atom is -0.411 e. The van der Waals surface area contributed by atoms with Crippen molar-refractivity contribution in [1.29, 1.82) is 0 Å². The number of piperidine rings is 1. The predicted molar refractivity (Wildman–Crippen MR) is 160 cm³/mol. The second kappa shape index (κ2) is 11.1. The van der Waals surface area contributed by atoms with Gasteiger partial charge in [0, 0.05) is 31.8 Å². The Bertz CT molecular complexity index is 1350. The highest BCUT2D eigenvalue weighted by molar-refractivity contribution is 5.97. The minimum atomic E-state index is -1.11. The van der Waals surface area contributed by atoms with Gasteiger partial charge in [0.2, 0.25) is 0 Å². The van der Waals surface area contributed by atoms with Crippen molar-refractivity contribution in [3.8, 4) is 11.8 Å². The Morgan fingerprint density at radius 3 is 2.63 bits per heavy atom. The Labute approximate surface area is 243 Å². The zero-order chi connectivity index (χ0) is 28.8.